The molecule has 9 aromatic carbocycles. The molecule has 0 radical (unpaired) electrons. The Morgan fingerprint density at radius 1 is 0.400 bits per heavy atom. The second kappa shape index (κ2) is 12.8. The maximum Gasteiger partial charge on any atom is 0.143 e. The van der Waals surface area contributed by atoms with Gasteiger partial charge in [0, 0.05) is 38.8 Å². The van der Waals surface area contributed by atoms with E-state index in [-0.39, 0.29) is 29.7 Å². The van der Waals surface area contributed by atoms with E-state index < -0.39 is 6.04 Å². The predicted molar refractivity (Wildman–Crippen MR) is 230 cm³/mol. The van der Waals surface area contributed by atoms with Crippen molar-refractivity contribution in [3.63, 3.8) is 0 Å². The van der Waals surface area contributed by atoms with Crippen molar-refractivity contribution in [3.8, 4) is 44.5 Å². The van der Waals surface area contributed by atoms with Gasteiger partial charge in [0.1, 0.15) is 11.2 Å². The fourth-order valence-corrected chi connectivity index (χ4v) is 8.47. The van der Waals surface area contributed by atoms with E-state index in [0.29, 0.717) is 11.1 Å². The topological polar surface area (TPSA) is 16.4 Å². The van der Waals surface area contributed by atoms with Crippen molar-refractivity contribution >= 4 is 49.8 Å². The summed E-state index contributed by atoms with van der Waals surface area (Å²) in [5.74, 6) is 0. The molecular formula is C53H35NO. The average molecular weight is 707 g/mol. The lowest BCUT2D eigenvalue weighted by Gasteiger charge is -2.26. The zero-order valence-electron chi connectivity index (χ0n) is 34.7. The maximum absolute atomic E-state index is 8.78. The minimum atomic E-state index is -0.411. The maximum atomic E-state index is 8.78. The molecule has 0 saturated carbocycles. The number of para-hydroxylation sites is 2. The van der Waals surface area contributed by atoms with Crippen LogP contribution in [0.3, 0.4) is 0 Å². The SMILES string of the molecule is [2H]c1c([2H])c([2H])c(-c2cc3c4cccc(-c5ccc(N(c6ccccc6)c6ccc(-c7cccc8c7Cc7ccccc7-8)cc6)cc5)c4oc3c3ccccc23)c([2H])c1[2H]. The molecule has 11 rings (SSSR count). The van der Waals surface area contributed by atoms with Crippen LogP contribution in [0, 0.1) is 0 Å². The Labute approximate surface area is 327 Å². The molecule has 2 nitrogen and oxygen atoms in total. The lowest BCUT2D eigenvalue weighted by molar-refractivity contribution is 0.674. The molecule has 1 aromatic heterocycles. The number of hydrogen-bond donors (Lipinski definition) is 0. The van der Waals surface area contributed by atoms with Crippen molar-refractivity contribution in [1.29, 1.82) is 0 Å². The molecule has 0 saturated heterocycles. The molecule has 2 heteroatoms. The molecule has 0 atom stereocenters. The number of fused-ring (bicyclic) bond motifs is 8. The van der Waals surface area contributed by atoms with E-state index in [1.807, 2.05) is 48.5 Å². The molecule has 1 aliphatic rings. The molecule has 0 bridgehead atoms. The zero-order chi connectivity index (χ0) is 40.6. The van der Waals surface area contributed by atoms with Crippen LogP contribution in [0.2, 0.25) is 0 Å². The van der Waals surface area contributed by atoms with Crippen LogP contribution in [-0.2, 0) is 6.42 Å². The van der Waals surface area contributed by atoms with E-state index in [0.717, 1.165) is 61.7 Å². The Kier molecular flexibility index (Phi) is 6.16. The van der Waals surface area contributed by atoms with E-state index in [9.17, 15) is 0 Å². The third-order valence-electron chi connectivity index (χ3n) is 11.0. The summed E-state index contributed by atoms with van der Waals surface area (Å²) in [4.78, 5) is 2.27. The van der Waals surface area contributed by atoms with Gasteiger partial charge >= 0.3 is 0 Å². The van der Waals surface area contributed by atoms with Gasteiger partial charge in [-0.2, -0.15) is 0 Å². The normalized spacial score (nSPS) is 13.2. The second-order valence-electron chi connectivity index (χ2n) is 14.1. The molecule has 0 unspecified atom stereocenters. The Bertz CT molecular complexity index is 3310. The Morgan fingerprint density at radius 3 is 1.75 bits per heavy atom. The fourth-order valence-electron chi connectivity index (χ4n) is 8.47. The number of hydrogen-bond acceptors (Lipinski definition) is 2. The Hall–Kier alpha value is -7.16. The monoisotopic (exact) mass is 706 g/mol. The van der Waals surface area contributed by atoms with E-state index >= 15 is 0 Å². The van der Waals surface area contributed by atoms with Crippen LogP contribution in [0.1, 0.15) is 18.0 Å². The molecule has 258 valence electrons. The summed E-state index contributed by atoms with van der Waals surface area (Å²) in [6.07, 6.45) is 0.938. The lowest BCUT2D eigenvalue weighted by atomic mass is 9.95. The van der Waals surface area contributed by atoms with Crippen molar-refractivity contribution in [3.05, 3.63) is 211 Å². The van der Waals surface area contributed by atoms with Gasteiger partial charge in [0.2, 0.25) is 0 Å². The van der Waals surface area contributed by atoms with Gasteiger partial charge in [0.05, 0.1) is 6.85 Å². The van der Waals surface area contributed by atoms with Gasteiger partial charge < -0.3 is 9.32 Å². The molecule has 0 amide bonds. The third-order valence-corrected chi connectivity index (χ3v) is 11.0. The van der Waals surface area contributed by atoms with E-state index in [4.69, 9.17) is 11.3 Å². The van der Waals surface area contributed by atoms with Gasteiger partial charge in [-0.05, 0) is 104 Å². The second-order valence-corrected chi connectivity index (χ2v) is 14.1. The molecule has 0 spiro atoms. The standard InChI is InChI=1S/C53H35NO/c1-3-13-35(14-4-1)49-34-51-48-24-12-22-44(52(48)55-53(51)47-20-10-9-19-46(47)49)37-27-31-41(32-28-37)54(39-16-5-2-6-17-39)40-29-25-36(26-30-40)42-21-11-23-45-43-18-8-7-15-38(43)33-50(42)45/h1-32,34H,33H2/i1D,3D,4D,13D,14D. The van der Waals surface area contributed by atoms with Crippen LogP contribution >= 0.6 is 0 Å². The van der Waals surface area contributed by atoms with Crippen molar-refractivity contribution in [1.82, 2.24) is 0 Å². The minimum absolute atomic E-state index is 0.173. The van der Waals surface area contributed by atoms with Gasteiger partial charge in [-0.3, -0.25) is 0 Å². The first-order chi connectivity index (χ1) is 29.4. The molecule has 0 fully saturated rings. The number of rotatable bonds is 6. The van der Waals surface area contributed by atoms with Gasteiger partial charge in [0.25, 0.3) is 0 Å². The van der Waals surface area contributed by atoms with Crippen molar-refractivity contribution < 1.29 is 11.3 Å². The smallest absolute Gasteiger partial charge is 0.143 e. The van der Waals surface area contributed by atoms with Crippen molar-refractivity contribution in [2.24, 2.45) is 0 Å². The van der Waals surface area contributed by atoms with Gasteiger partial charge in [0.15, 0.2) is 0 Å². The third kappa shape index (κ3) is 5.18. The highest BCUT2D eigenvalue weighted by atomic mass is 16.3. The molecule has 0 aliphatic heterocycles. The quantitative estimate of drug-likeness (QED) is 0.171. The van der Waals surface area contributed by atoms with Crippen LogP contribution < -0.4 is 4.90 Å². The number of benzene rings is 9. The summed E-state index contributed by atoms with van der Waals surface area (Å²) in [6, 6.07) is 57.3. The minimum Gasteiger partial charge on any atom is -0.455 e. The van der Waals surface area contributed by atoms with Crippen molar-refractivity contribution in [2.45, 2.75) is 6.42 Å². The highest BCUT2D eigenvalue weighted by molar-refractivity contribution is 6.20. The first-order valence-electron chi connectivity index (χ1n) is 21.1. The lowest BCUT2D eigenvalue weighted by Crippen LogP contribution is -2.09. The van der Waals surface area contributed by atoms with Crippen LogP contribution in [0.5, 0.6) is 0 Å². The van der Waals surface area contributed by atoms with Crippen LogP contribution in [0.15, 0.2) is 204 Å². The highest BCUT2D eigenvalue weighted by Crippen LogP contribution is 2.45. The van der Waals surface area contributed by atoms with Crippen LogP contribution in [0.4, 0.5) is 17.1 Å². The molecular weight excluding hydrogens is 667 g/mol. The summed E-state index contributed by atoms with van der Waals surface area (Å²) < 4.78 is 49.2. The van der Waals surface area contributed by atoms with Crippen molar-refractivity contribution in [2.75, 3.05) is 4.90 Å². The summed E-state index contributed by atoms with van der Waals surface area (Å²) in [5.41, 5.74) is 15.0. The zero-order valence-corrected chi connectivity index (χ0v) is 29.7. The van der Waals surface area contributed by atoms with E-state index in [2.05, 4.69) is 126 Å². The molecule has 1 aliphatic carbocycles. The molecule has 0 N–H and O–H groups in total. The van der Waals surface area contributed by atoms with Gasteiger partial charge in [-0.25, -0.2) is 0 Å². The average Bonchev–Trinajstić information content (AvgIpc) is 3.88. The summed E-state index contributed by atoms with van der Waals surface area (Å²) in [6.45, 7) is 0. The van der Waals surface area contributed by atoms with E-state index in [1.165, 1.54) is 33.4 Å². The van der Waals surface area contributed by atoms with Gasteiger partial charge in [-0.15, -0.1) is 0 Å². The van der Waals surface area contributed by atoms with Crippen LogP contribution in [-0.4, -0.2) is 0 Å². The molecule has 1 heterocycles. The Morgan fingerprint density at radius 2 is 0.964 bits per heavy atom. The van der Waals surface area contributed by atoms with Crippen LogP contribution in [0.25, 0.3) is 77.2 Å². The summed E-state index contributed by atoms with van der Waals surface area (Å²) >= 11 is 0. The van der Waals surface area contributed by atoms with E-state index in [1.54, 1.807) is 0 Å². The molecule has 55 heavy (non-hydrogen) atoms. The highest BCUT2D eigenvalue weighted by Gasteiger charge is 2.22. The first kappa shape index (κ1) is 26.6. The first-order valence-corrected chi connectivity index (χ1v) is 18.6. The Balaban J connectivity index is 0.989. The number of nitrogens with zero attached hydrogens (tertiary/aromatic N) is 1. The largest absolute Gasteiger partial charge is 0.455 e. The number of anilines is 3. The summed E-state index contributed by atoms with van der Waals surface area (Å²) in [5, 5.41) is 3.25. The number of furan rings is 1. The predicted octanol–water partition coefficient (Wildman–Crippen LogP) is 14.8. The fraction of sp³-hybridized carbons (Fsp3) is 0.0189. The molecule has 10 aromatic rings. The van der Waals surface area contributed by atoms with Gasteiger partial charge in [-0.1, -0.05) is 158 Å². The summed E-state index contributed by atoms with van der Waals surface area (Å²) in [7, 11) is 0.